The van der Waals surface area contributed by atoms with Crippen molar-refractivity contribution >= 4 is 22.5 Å². The lowest BCUT2D eigenvalue weighted by Gasteiger charge is -2.10. The largest absolute Gasteiger partial charge is 0.484 e. The number of hydrogen-bond acceptors (Lipinski definition) is 3. The number of aromatic amines is 1. The van der Waals surface area contributed by atoms with Crippen molar-refractivity contribution in [3.63, 3.8) is 0 Å². The molecule has 0 aliphatic carbocycles. The first-order valence-corrected chi connectivity index (χ1v) is 8.58. The van der Waals surface area contributed by atoms with Gasteiger partial charge in [0.2, 0.25) is 5.56 Å². The van der Waals surface area contributed by atoms with E-state index in [9.17, 15) is 9.59 Å². The predicted molar refractivity (Wildman–Crippen MR) is 104 cm³/mol. The Kier molecular flexibility index (Phi) is 5.07. The van der Waals surface area contributed by atoms with Crippen LogP contribution in [0.2, 0.25) is 0 Å². The molecule has 1 heterocycles. The molecule has 3 rings (SSSR count). The van der Waals surface area contributed by atoms with Gasteiger partial charge in [-0.3, -0.25) is 9.59 Å². The minimum absolute atomic E-state index is 0.0800. The summed E-state index contributed by atoms with van der Waals surface area (Å²) in [5, 5.41) is 3.74. The summed E-state index contributed by atoms with van der Waals surface area (Å²) in [4.78, 5) is 26.5. The Balaban J connectivity index is 1.64. The number of ether oxygens (including phenoxy) is 1. The molecule has 134 valence electrons. The number of rotatable bonds is 5. The zero-order valence-electron chi connectivity index (χ0n) is 15.1. The highest BCUT2D eigenvalue weighted by Crippen LogP contribution is 2.20. The molecule has 0 unspecified atom stereocenters. The summed E-state index contributed by atoms with van der Waals surface area (Å²) < 4.78 is 5.53. The number of pyridine rings is 1. The molecule has 0 aliphatic heterocycles. The van der Waals surface area contributed by atoms with Crippen LogP contribution in [0, 0.1) is 6.92 Å². The number of carbonyl (C=O) groups excluding carboxylic acids is 1. The topological polar surface area (TPSA) is 71.2 Å². The van der Waals surface area contributed by atoms with Crippen molar-refractivity contribution in [2.45, 2.75) is 26.7 Å². The van der Waals surface area contributed by atoms with Crippen LogP contribution in [0.15, 0.2) is 53.3 Å². The van der Waals surface area contributed by atoms with Gasteiger partial charge in [-0.15, -0.1) is 0 Å². The maximum Gasteiger partial charge on any atom is 0.262 e. The van der Waals surface area contributed by atoms with Gasteiger partial charge in [0.25, 0.3) is 5.91 Å². The molecule has 2 aromatic carbocycles. The third-order valence-corrected chi connectivity index (χ3v) is 4.25. The van der Waals surface area contributed by atoms with Crippen molar-refractivity contribution in [2.24, 2.45) is 0 Å². The van der Waals surface area contributed by atoms with Crippen LogP contribution >= 0.6 is 0 Å². The summed E-state index contributed by atoms with van der Waals surface area (Å²) in [5.41, 5.74) is 3.27. The van der Waals surface area contributed by atoms with E-state index >= 15 is 0 Å². The number of hydrogen-bond donors (Lipinski definition) is 2. The lowest BCUT2D eigenvalue weighted by Crippen LogP contribution is -2.20. The molecular weight excluding hydrogens is 328 g/mol. The summed E-state index contributed by atoms with van der Waals surface area (Å²) in [6.45, 7) is 6.06. The lowest BCUT2D eigenvalue weighted by atomic mass is 10.0. The van der Waals surface area contributed by atoms with E-state index in [1.54, 1.807) is 12.1 Å². The molecule has 0 radical (unpaired) electrons. The summed E-state index contributed by atoms with van der Waals surface area (Å²) in [7, 11) is 0. The van der Waals surface area contributed by atoms with Crippen molar-refractivity contribution in [3.8, 4) is 5.75 Å². The smallest absolute Gasteiger partial charge is 0.262 e. The van der Waals surface area contributed by atoms with Gasteiger partial charge in [0.1, 0.15) is 5.75 Å². The fourth-order valence-corrected chi connectivity index (χ4v) is 2.81. The number of aryl methyl sites for hydroxylation is 1. The van der Waals surface area contributed by atoms with Gasteiger partial charge in [0.15, 0.2) is 6.61 Å². The number of carbonyl (C=O) groups is 1. The van der Waals surface area contributed by atoms with Crippen LogP contribution in [0.4, 0.5) is 5.69 Å². The standard InChI is InChI=1S/C21H22N2O3/c1-13(2)15-4-7-17(8-5-15)26-12-21(25)22-16-6-9-18-14(3)10-20(24)23-19(18)11-16/h4-11,13H,12H2,1-3H3,(H,22,25)(H,23,24). The first kappa shape index (κ1) is 17.7. The Labute approximate surface area is 152 Å². The average Bonchev–Trinajstić information content (AvgIpc) is 2.60. The maximum atomic E-state index is 12.1. The summed E-state index contributed by atoms with van der Waals surface area (Å²) >= 11 is 0. The lowest BCUT2D eigenvalue weighted by molar-refractivity contribution is -0.118. The molecule has 5 nitrogen and oxygen atoms in total. The molecule has 26 heavy (non-hydrogen) atoms. The average molecular weight is 350 g/mol. The number of nitrogens with one attached hydrogen (secondary N) is 2. The van der Waals surface area contributed by atoms with Gasteiger partial charge in [-0.1, -0.05) is 32.0 Å². The molecule has 0 aliphatic rings. The van der Waals surface area contributed by atoms with Crippen LogP contribution in [0.3, 0.4) is 0 Å². The van der Waals surface area contributed by atoms with Gasteiger partial charge in [-0.2, -0.15) is 0 Å². The second-order valence-electron chi connectivity index (χ2n) is 6.64. The molecule has 0 atom stereocenters. The van der Waals surface area contributed by atoms with Crippen LogP contribution in [0.5, 0.6) is 5.75 Å². The van der Waals surface area contributed by atoms with E-state index in [2.05, 4.69) is 24.1 Å². The highest BCUT2D eigenvalue weighted by molar-refractivity contribution is 5.94. The monoisotopic (exact) mass is 350 g/mol. The predicted octanol–water partition coefficient (Wildman–Crippen LogP) is 3.98. The Hall–Kier alpha value is -3.08. The van der Waals surface area contributed by atoms with E-state index in [0.717, 1.165) is 10.9 Å². The fourth-order valence-electron chi connectivity index (χ4n) is 2.81. The number of fused-ring (bicyclic) bond motifs is 1. The molecule has 0 saturated heterocycles. The first-order chi connectivity index (χ1) is 12.4. The molecule has 2 N–H and O–H groups in total. The summed E-state index contributed by atoms with van der Waals surface area (Å²) in [5.74, 6) is 0.852. The number of aromatic nitrogens is 1. The van der Waals surface area contributed by atoms with Gasteiger partial charge in [0, 0.05) is 17.1 Å². The Morgan fingerprint density at radius 1 is 1.12 bits per heavy atom. The Morgan fingerprint density at radius 2 is 1.85 bits per heavy atom. The molecule has 0 saturated carbocycles. The molecule has 5 heteroatoms. The van der Waals surface area contributed by atoms with Crippen LogP contribution < -0.4 is 15.6 Å². The van der Waals surface area contributed by atoms with Crippen molar-refractivity contribution in [3.05, 3.63) is 70.0 Å². The zero-order chi connectivity index (χ0) is 18.7. The molecule has 0 spiro atoms. The highest BCUT2D eigenvalue weighted by atomic mass is 16.5. The number of amides is 1. The van der Waals surface area contributed by atoms with Crippen molar-refractivity contribution in [2.75, 3.05) is 11.9 Å². The quantitative estimate of drug-likeness (QED) is 0.731. The zero-order valence-corrected chi connectivity index (χ0v) is 15.1. The van der Waals surface area contributed by atoms with Gasteiger partial charge >= 0.3 is 0 Å². The normalized spacial score (nSPS) is 10.9. The second-order valence-corrected chi connectivity index (χ2v) is 6.64. The van der Waals surface area contributed by atoms with Gasteiger partial charge in [-0.25, -0.2) is 0 Å². The van der Waals surface area contributed by atoms with Crippen molar-refractivity contribution < 1.29 is 9.53 Å². The summed E-state index contributed by atoms with van der Waals surface area (Å²) in [6.07, 6.45) is 0. The van der Waals surface area contributed by atoms with Crippen LogP contribution in [-0.2, 0) is 4.79 Å². The summed E-state index contributed by atoms with van der Waals surface area (Å²) in [6, 6.07) is 14.7. The Bertz CT molecular complexity index is 988. The van der Waals surface area contributed by atoms with E-state index < -0.39 is 0 Å². The molecule has 1 amide bonds. The number of anilines is 1. The SMILES string of the molecule is Cc1cc(=O)[nH]c2cc(NC(=O)COc3ccc(C(C)C)cc3)ccc12. The van der Waals surface area contributed by atoms with E-state index in [-0.39, 0.29) is 18.1 Å². The Morgan fingerprint density at radius 3 is 2.54 bits per heavy atom. The molecule has 0 bridgehead atoms. The maximum absolute atomic E-state index is 12.1. The van der Waals surface area contributed by atoms with Crippen LogP contribution in [0.1, 0.15) is 30.9 Å². The van der Waals surface area contributed by atoms with Gasteiger partial charge in [0.05, 0.1) is 5.52 Å². The minimum Gasteiger partial charge on any atom is -0.484 e. The van der Waals surface area contributed by atoms with Crippen LogP contribution in [-0.4, -0.2) is 17.5 Å². The van der Waals surface area contributed by atoms with Crippen molar-refractivity contribution in [1.82, 2.24) is 4.98 Å². The number of benzene rings is 2. The van der Waals surface area contributed by atoms with E-state index in [1.807, 2.05) is 43.3 Å². The first-order valence-electron chi connectivity index (χ1n) is 8.58. The molecular formula is C21H22N2O3. The minimum atomic E-state index is -0.257. The van der Waals surface area contributed by atoms with E-state index in [4.69, 9.17) is 4.74 Å². The van der Waals surface area contributed by atoms with E-state index in [1.165, 1.54) is 5.56 Å². The molecule has 1 aromatic heterocycles. The van der Waals surface area contributed by atoms with Gasteiger partial charge in [-0.05, 0) is 48.2 Å². The molecule has 3 aromatic rings. The second kappa shape index (κ2) is 7.44. The highest BCUT2D eigenvalue weighted by Gasteiger charge is 2.07. The van der Waals surface area contributed by atoms with Gasteiger partial charge < -0.3 is 15.0 Å². The third kappa shape index (κ3) is 4.11. The third-order valence-electron chi connectivity index (χ3n) is 4.25. The van der Waals surface area contributed by atoms with Crippen LogP contribution in [0.25, 0.3) is 10.9 Å². The van der Waals surface area contributed by atoms with Crippen molar-refractivity contribution in [1.29, 1.82) is 0 Å². The fraction of sp³-hybridized carbons (Fsp3) is 0.238. The number of H-pyrrole nitrogens is 1. The molecule has 0 fully saturated rings. The van der Waals surface area contributed by atoms with E-state index in [0.29, 0.717) is 22.9 Å².